The summed E-state index contributed by atoms with van der Waals surface area (Å²) in [6.45, 7) is 4.03. The average Bonchev–Trinajstić information content (AvgIpc) is 2.97. The summed E-state index contributed by atoms with van der Waals surface area (Å²) in [7, 11) is 1.64. The molecule has 0 unspecified atom stereocenters. The number of nitrogens with zero attached hydrogens (tertiary/aromatic N) is 2. The number of hydrogen-bond donors (Lipinski definition) is 1. The van der Waals surface area contributed by atoms with Crippen LogP contribution in [0.25, 0.3) is 11.5 Å². The molecule has 2 N–H and O–H groups in total. The highest BCUT2D eigenvalue weighted by Crippen LogP contribution is 2.35. The summed E-state index contributed by atoms with van der Waals surface area (Å²) < 4.78 is 10.9. The van der Waals surface area contributed by atoms with Crippen molar-refractivity contribution in [3.8, 4) is 11.5 Å². The minimum absolute atomic E-state index is 0.329. The number of benzene rings is 1. The molecular weight excluding hydrogens is 313 g/mol. The van der Waals surface area contributed by atoms with Crippen molar-refractivity contribution in [1.29, 1.82) is 0 Å². The molecule has 21 heavy (non-hydrogen) atoms. The van der Waals surface area contributed by atoms with Gasteiger partial charge >= 0.3 is 0 Å². The van der Waals surface area contributed by atoms with E-state index in [1.807, 2.05) is 13.8 Å². The second-order valence-corrected chi connectivity index (χ2v) is 5.50. The van der Waals surface area contributed by atoms with Gasteiger partial charge in [0.1, 0.15) is 5.60 Å². The summed E-state index contributed by atoms with van der Waals surface area (Å²) >= 11 is 12.0. The third kappa shape index (κ3) is 2.86. The van der Waals surface area contributed by atoms with Crippen LogP contribution in [-0.4, -0.2) is 17.3 Å². The summed E-state index contributed by atoms with van der Waals surface area (Å²) in [5, 5.41) is 4.73. The Balaban J connectivity index is 2.45. The van der Waals surface area contributed by atoms with Gasteiger partial charge in [-0.1, -0.05) is 42.2 Å². The van der Waals surface area contributed by atoms with Crippen LogP contribution in [0.1, 0.15) is 32.5 Å². The number of nitrogens with two attached hydrogens (primary N) is 1. The number of methoxy groups -OCH3 is 1. The Morgan fingerprint density at radius 3 is 2.29 bits per heavy atom. The van der Waals surface area contributed by atoms with Gasteiger partial charge in [-0.25, -0.2) is 0 Å². The zero-order valence-corrected chi connectivity index (χ0v) is 13.6. The first kappa shape index (κ1) is 16.1. The summed E-state index contributed by atoms with van der Waals surface area (Å²) in [6, 6.07) is 3.29. The molecule has 1 heterocycles. The van der Waals surface area contributed by atoms with E-state index in [9.17, 15) is 0 Å². The third-order valence-electron chi connectivity index (χ3n) is 3.69. The molecule has 1 aromatic carbocycles. The summed E-state index contributed by atoms with van der Waals surface area (Å²) in [4.78, 5) is 4.42. The van der Waals surface area contributed by atoms with Gasteiger partial charge in [-0.3, -0.25) is 0 Å². The first-order chi connectivity index (χ1) is 9.97. The molecule has 0 spiro atoms. The van der Waals surface area contributed by atoms with E-state index in [0.29, 0.717) is 33.0 Å². The fraction of sp³-hybridized carbons (Fsp3) is 0.429. The number of nitrogen functional groups attached to an aromatic ring is 1. The van der Waals surface area contributed by atoms with E-state index in [1.54, 1.807) is 19.2 Å². The zero-order valence-electron chi connectivity index (χ0n) is 12.1. The van der Waals surface area contributed by atoms with E-state index in [0.717, 1.165) is 12.8 Å². The Hall–Kier alpha value is -1.30. The normalized spacial score (nSPS) is 11.9. The average molecular weight is 330 g/mol. The topological polar surface area (TPSA) is 74.2 Å². The van der Waals surface area contributed by atoms with Crippen LogP contribution in [0, 0.1) is 0 Å². The molecule has 0 fully saturated rings. The summed E-state index contributed by atoms with van der Waals surface area (Å²) in [5.41, 5.74) is 6.11. The van der Waals surface area contributed by atoms with Crippen LogP contribution >= 0.6 is 23.2 Å². The Morgan fingerprint density at radius 2 is 1.81 bits per heavy atom. The van der Waals surface area contributed by atoms with E-state index in [-0.39, 0.29) is 0 Å². The second-order valence-electron chi connectivity index (χ2n) is 4.68. The predicted molar refractivity (Wildman–Crippen MR) is 83.4 cm³/mol. The lowest BCUT2D eigenvalue weighted by Crippen LogP contribution is -2.28. The minimum atomic E-state index is -0.552. The first-order valence-corrected chi connectivity index (χ1v) is 7.37. The third-order valence-corrected chi connectivity index (χ3v) is 4.32. The van der Waals surface area contributed by atoms with Gasteiger partial charge in [0.15, 0.2) is 0 Å². The molecule has 0 atom stereocenters. The Labute approximate surface area is 133 Å². The number of anilines is 1. The maximum absolute atomic E-state index is 6.02. The highest BCUT2D eigenvalue weighted by Gasteiger charge is 2.33. The van der Waals surface area contributed by atoms with Crippen LogP contribution in [0.3, 0.4) is 0 Å². The van der Waals surface area contributed by atoms with Gasteiger partial charge in [0.2, 0.25) is 5.82 Å². The van der Waals surface area contributed by atoms with Gasteiger partial charge < -0.3 is 15.0 Å². The highest BCUT2D eigenvalue weighted by atomic mass is 35.5. The van der Waals surface area contributed by atoms with Crippen molar-refractivity contribution in [1.82, 2.24) is 10.1 Å². The van der Waals surface area contributed by atoms with E-state index < -0.39 is 5.60 Å². The van der Waals surface area contributed by atoms with Gasteiger partial charge in [-0.15, -0.1) is 0 Å². The van der Waals surface area contributed by atoms with Gasteiger partial charge in [0.05, 0.1) is 15.7 Å². The van der Waals surface area contributed by atoms with Gasteiger partial charge in [-0.05, 0) is 25.0 Å². The van der Waals surface area contributed by atoms with Crippen LogP contribution in [0.2, 0.25) is 10.0 Å². The molecule has 0 saturated carbocycles. The van der Waals surface area contributed by atoms with Gasteiger partial charge in [0.25, 0.3) is 5.89 Å². The number of ether oxygens (including phenoxy) is 1. The van der Waals surface area contributed by atoms with Gasteiger partial charge in [0, 0.05) is 12.7 Å². The van der Waals surface area contributed by atoms with E-state index in [1.165, 1.54) is 0 Å². The van der Waals surface area contributed by atoms with Gasteiger partial charge in [-0.2, -0.15) is 4.98 Å². The monoisotopic (exact) mass is 329 g/mol. The van der Waals surface area contributed by atoms with Crippen molar-refractivity contribution >= 4 is 28.9 Å². The maximum atomic E-state index is 6.02. The lowest BCUT2D eigenvalue weighted by atomic mass is 9.96. The fourth-order valence-electron chi connectivity index (χ4n) is 2.18. The summed E-state index contributed by atoms with van der Waals surface area (Å²) in [5.74, 6) is 0.839. The molecule has 1 aromatic heterocycles. The standard InChI is InChI=1S/C14H17Cl2N3O2/c1-4-14(5-2,20-3)13-18-12(21-19-13)8-6-9(15)11(17)10(16)7-8/h6-7H,4-5,17H2,1-3H3. The molecule has 0 radical (unpaired) electrons. The smallest absolute Gasteiger partial charge is 0.258 e. The van der Waals surface area contributed by atoms with E-state index in [2.05, 4.69) is 10.1 Å². The molecule has 5 nitrogen and oxygen atoms in total. The number of hydrogen-bond acceptors (Lipinski definition) is 5. The molecule has 114 valence electrons. The van der Waals surface area contributed by atoms with Crippen molar-refractivity contribution in [2.24, 2.45) is 0 Å². The quantitative estimate of drug-likeness (QED) is 0.828. The van der Waals surface area contributed by atoms with Crippen LogP contribution < -0.4 is 5.73 Å². The Bertz CT molecular complexity index is 608. The van der Waals surface area contributed by atoms with Crippen LogP contribution in [0.15, 0.2) is 16.7 Å². The lowest BCUT2D eigenvalue weighted by molar-refractivity contribution is -0.0306. The van der Waals surface area contributed by atoms with Crippen LogP contribution in [0.4, 0.5) is 5.69 Å². The first-order valence-electron chi connectivity index (χ1n) is 6.61. The SMILES string of the molecule is CCC(CC)(OC)c1noc(-c2cc(Cl)c(N)c(Cl)c2)n1. The number of aromatic nitrogens is 2. The summed E-state index contributed by atoms with van der Waals surface area (Å²) in [6.07, 6.45) is 1.48. The van der Waals surface area contributed by atoms with Crippen molar-refractivity contribution in [2.45, 2.75) is 32.3 Å². The molecule has 0 aliphatic heterocycles. The van der Waals surface area contributed by atoms with Crippen molar-refractivity contribution in [2.75, 3.05) is 12.8 Å². The van der Waals surface area contributed by atoms with Crippen LogP contribution in [0.5, 0.6) is 0 Å². The van der Waals surface area contributed by atoms with E-state index >= 15 is 0 Å². The molecule has 0 amide bonds. The molecule has 0 aliphatic rings. The van der Waals surface area contributed by atoms with Crippen molar-refractivity contribution in [3.63, 3.8) is 0 Å². The Morgan fingerprint density at radius 1 is 1.24 bits per heavy atom. The molecule has 2 aromatic rings. The number of halogens is 2. The second kappa shape index (κ2) is 6.22. The fourth-order valence-corrected chi connectivity index (χ4v) is 2.67. The van der Waals surface area contributed by atoms with Crippen molar-refractivity contribution < 1.29 is 9.26 Å². The molecule has 7 heteroatoms. The predicted octanol–water partition coefficient (Wildman–Crippen LogP) is 4.29. The highest BCUT2D eigenvalue weighted by molar-refractivity contribution is 6.39. The van der Waals surface area contributed by atoms with Crippen molar-refractivity contribution in [3.05, 3.63) is 28.0 Å². The molecular formula is C14H17Cl2N3O2. The Kier molecular flexibility index (Phi) is 4.76. The molecule has 0 saturated heterocycles. The molecule has 0 aliphatic carbocycles. The largest absolute Gasteiger partial charge is 0.396 e. The van der Waals surface area contributed by atoms with Crippen LogP contribution in [-0.2, 0) is 10.3 Å². The minimum Gasteiger partial charge on any atom is -0.396 e. The lowest BCUT2D eigenvalue weighted by Gasteiger charge is -2.25. The number of rotatable bonds is 5. The maximum Gasteiger partial charge on any atom is 0.258 e. The molecule has 0 bridgehead atoms. The zero-order chi connectivity index (χ0) is 15.6. The molecule has 2 rings (SSSR count). The van der Waals surface area contributed by atoms with E-state index in [4.69, 9.17) is 38.2 Å².